The summed E-state index contributed by atoms with van der Waals surface area (Å²) in [7, 11) is 0. The van der Waals surface area contributed by atoms with Gasteiger partial charge in [-0.1, -0.05) is 36.4 Å². The number of rotatable bonds is 3. The van der Waals surface area contributed by atoms with Gasteiger partial charge in [-0.05, 0) is 23.7 Å². The summed E-state index contributed by atoms with van der Waals surface area (Å²) in [5.41, 5.74) is 7.98. The van der Waals surface area contributed by atoms with Crippen molar-refractivity contribution in [2.24, 2.45) is 5.73 Å². The summed E-state index contributed by atoms with van der Waals surface area (Å²) >= 11 is 5.89. The highest BCUT2D eigenvalue weighted by Crippen LogP contribution is 2.19. The molecule has 1 heterocycles. The van der Waals surface area contributed by atoms with E-state index in [1.54, 1.807) is 0 Å². The normalized spacial score (nSPS) is 10.9. The third-order valence-corrected chi connectivity index (χ3v) is 2.38. The lowest BCUT2D eigenvalue weighted by molar-refractivity contribution is 1.15. The fourth-order valence-corrected chi connectivity index (χ4v) is 1.66. The fourth-order valence-electron chi connectivity index (χ4n) is 1.47. The summed E-state index contributed by atoms with van der Waals surface area (Å²) in [6, 6.07) is 11.7. The molecule has 0 bridgehead atoms. The van der Waals surface area contributed by atoms with Crippen molar-refractivity contribution in [2.45, 2.75) is 0 Å². The first-order valence-electron chi connectivity index (χ1n) is 5.26. The number of halogens is 1. The third-order valence-electron chi connectivity index (χ3n) is 2.21. The van der Waals surface area contributed by atoms with Crippen molar-refractivity contribution in [2.75, 3.05) is 6.54 Å². The van der Waals surface area contributed by atoms with Crippen LogP contribution in [0.15, 0.2) is 42.5 Å². The highest BCUT2D eigenvalue weighted by molar-refractivity contribution is 6.28. The van der Waals surface area contributed by atoms with Gasteiger partial charge in [-0.15, -0.1) is 0 Å². The van der Waals surface area contributed by atoms with Gasteiger partial charge in [-0.25, -0.2) is 9.97 Å². The molecule has 0 spiro atoms. The molecule has 1 aromatic carbocycles. The zero-order chi connectivity index (χ0) is 12.1. The number of hydrogen-bond acceptors (Lipinski definition) is 3. The largest absolute Gasteiger partial charge is 0.327 e. The van der Waals surface area contributed by atoms with Crippen LogP contribution in [-0.2, 0) is 0 Å². The summed E-state index contributed by atoms with van der Waals surface area (Å²) in [4.78, 5) is 8.31. The molecule has 0 fully saturated rings. The SMILES string of the molecule is NCC=Cc1cc(-c2ccccc2)nc(Cl)n1. The smallest absolute Gasteiger partial charge is 0.223 e. The second-order valence-electron chi connectivity index (χ2n) is 3.45. The van der Waals surface area contributed by atoms with E-state index in [0.717, 1.165) is 17.0 Å². The minimum Gasteiger partial charge on any atom is -0.327 e. The molecule has 0 saturated carbocycles. The first kappa shape index (κ1) is 11.8. The van der Waals surface area contributed by atoms with E-state index in [1.807, 2.05) is 48.6 Å². The van der Waals surface area contributed by atoms with Crippen LogP contribution in [0.4, 0.5) is 0 Å². The van der Waals surface area contributed by atoms with Crippen LogP contribution in [0.5, 0.6) is 0 Å². The standard InChI is InChI=1S/C13H12ClN3/c14-13-16-11(7-4-8-15)9-12(17-13)10-5-2-1-3-6-10/h1-7,9H,8,15H2. The maximum Gasteiger partial charge on any atom is 0.223 e. The van der Waals surface area contributed by atoms with Crippen LogP contribution in [-0.4, -0.2) is 16.5 Å². The molecule has 0 unspecified atom stereocenters. The molecular weight excluding hydrogens is 234 g/mol. The van der Waals surface area contributed by atoms with Crippen molar-refractivity contribution in [3.8, 4) is 11.3 Å². The predicted molar refractivity (Wildman–Crippen MR) is 70.6 cm³/mol. The maximum atomic E-state index is 5.89. The summed E-state index contributed by atoms with van der Waals surface area (Å²) in [5.74, 6) is 0. The predicted octanol–water partition coefficient (Wildman–Crippen LogP) is 2.77. The van der Waals surface area contributed by atoms with E-state index < -0.39 is 0 Å². The van der Waals surface area contributed by atoms with E-state index in [9.17, 15) is 0 Å². The molecule has 2 rings (SSSR count). The van der Waals surface area contributed by atoms with E-state index in [1.165, 1.54) is 0 Å². The first-order chi connectivity index (χ1) is 8.29. The van der Waals surface area contributed by atoms with Crippen molar-refractivity contribution in [3.05, 3.63) is 53.5 Å². The fraction of sp³-hybridized carbons (Fsp3) is 0.0769. The Labute approximate surface area is 105 Å². The van der Waals surface area contributed by atoms with Crippen molar-refractivity contribution in [1.82, 2.24) is 9.97 Å². The second-order valence-corrected chi connectivity index (χ2v) is 3.79. The van der Waals surface area contributed by atoms with Gasteiger partial charge in [0.05, 0.1) is 11.4 Å². The minimum atomic E-state index is 0.239. The molecule has 4 heteroatoms. The Morgan fingerprint density at radius 1 is 1.18 bits per heavy atom. The molecule has 0 amide bonds. The van der Waals surface area contributed by atoms with Crippen LogP contribution in [0.1, 0.15) is 5.69 Å². The van der Waals surface area contributed by atoms with Crippen LogP contribution in [0.25, 0.3) is 17.3 Å². The molecule has 3 nitrogen and oxygen atoms in total. The molecule has 2 N–H and O–H groups in total. The molecule has 2 aromatic rings. The lowest BCUT2D eigenvalue weighted by Crippen LogP contribution is -1.94. The molecule has 0 aliphatic rings. The summed E-state index contributed by atoms with van der Waals surface area (Å²) in [5, 5.41) is 0.239. The van der Waals surface area contributed by atoms with E-state index in [4.69, 9.17) is 17.3 Å². The molecule has 0 aliphatic carbocycles. The molecular formula is C13H12ClN3. The van der Waals surface area contributed by atoms with Crippen molar-refractivity contribution in [3.63, 3.8) is 0 Å². The number of nitrogens with zero attached hydrogens (tertiary/aromatic N) is 2. The third kappa shape index (κ3) is 3.12. The van der Waals surface area contributed by atoms with Crippen molar-refractivity contribution >= 4 is 17.7 Å². The first-order valence-corrected chi connectivity index (χ1v) is 5.64. The van der Waals surface area contributed by atoms with Crippen LogP contribution in [0.3, 0.4) is 0 Å². The maximum absolute atomic E-state index is 5.89. The van der Waals surface area contributed by atoms with Crippen LogP contribution >= 0.6 is 11.6 Å². The Balaban J connectivity index is 2.42. The van der Waals surface area contributed by atoms with Gasteiger partial charge in [-0.2, -0.15) is 0 Å². The number of nitrogens with two attached hydrogens (primary N) is 1. The molecule has 0 radical (unpaired) electrons. The summed E-state index contributed by atoms with van der Waals surface area (Å²) in [6.07, 6.45) is 3.66. The Kier molecular flexibility index (Phi) is 3.85. The van der Waals surface area contributed by atoms with Gasteiger partial charge in [0.1, 0.15) is 0 Å². The Morgan fingerprint density at radius 2 is 1.94 bits per heavy atom. The van der Waals surface area contributed by atoms with E-state index in [2.05, 4.69) is 9.97 Å². The van der Waals surface area contributed by atoms with Gasteiger partial charge < -0.3 is 5.73 Å². The van der Waals surface area contributed by atoms with Gasteiger partial charge in [0, 0.05) is 12.1 Å². The van der Waals surface area contributed by atoms with Crippen LogP contribution < -0.4 is 5.73 Å². The van der Waals surface area contributed by atoms with Crippen LogP contribution in [0, 0.1) is 0 Å². The Hall–Kier alpha value is -1.71. The van der Waals surface area contributed by atoms with Gasteiger partial charge in [0.15, 0.2) is 0 Å². The van der Waals surface area contributed by atoms with Gasteiger partial charge >= 0.3 is 0 Å². The summed E-state index contributed by atoms with van der Waals surface area (Å²) in [6.45, 7) is 0.474. The number of aromatic nitrogens is 2. The average molecular weight is 246 g/mol. The Morgan fingerprint density at radius 3 is 2.65 bits per heavy atom. The quantitative estimate of drug-likeness (QED) is 0.846. The topological polar surface area (TPSA) is 51.8 Å². The van der Waals surface area contributed by atoms with Crippen molar-refractivity contribution in [1.29, 1.82) is 0 Å². The van der Waals surface area contributed by atoms with Crippen molar-refractivity contribution < 1.29 is 0 Å². The van der Waals surface area contributed by atoms with E-state index >= 15 is 0 Å². The summed E-state index contributed by atoms with van der Waals surface area (Å²) < 4.78 is 0. The van der Waals surface area contributed by atoms with E-state index in [0.29, 0.717) is 6.54 Å². The lowest BCUT2D eigenvalue weighted by Gasteiger charge is -2.02. The van der Waals surface area contributed by atoms with Gasteiger partial charge in [0.25, 0.3) is 0 Å². The van der Waals surface area contributed by atoms with E-state index in [-0.39, 0.29) is 5.28 Å². The number of benzene rings is 1. The molecule has 0 saturated heterocycles. The zero-order valence-electron chi connectivity index (χ0n) is 9.18. The highest BCUT2D eigenvalue weighted by atomic mass is 35.5. The monoisotopic (exact) mass is 245 g/mol. The number of hydrogen-bond donors (Lipinski definition) is 1. The molecule has 17 heavy (non-hydrogen) atoms. The molecule has 0 aliphatic heterocycles. The molecule has 86 valence electrons. The average Bonchev–Trinajstić information content (AvgIpc) is 2.37. The lowest BCUT2D eigenvalue weighted by atomic mass is 10.1. The Bertz CT molecular complexity index is 523. The van der Waals surface area contributed by atoms with Gasteiger partial charge in [-0.3, -0.25) is 0 Å². The molecule has 1 aromatic heterocycles. The minimum absolute atomic E-state index is 0.239. The zero-order valence-corrected chi connectivity index (χ0v) is 9.93. The molecule has 0 atom stereocenters. The van der Waals surface area contributed by atoms with Gasteiger partial charge in [0.2, 0.25) is 5.28 Å². The van der Waals surface area contributed by atoms with Crippen LogP contribution in [0.2, 0.25) is 5.28 Å². The highest BCUT2D eigenvalue weighted by Gasteiger charge is 2.02. The second kappa shape index (κ2) is 5.57.